The summed E-state index contributed by atoms with van der Waals surface area (Å²) < 4.78 is 26.3. The first-order valence-corrected chi connectivity index (χ1v) is 34.5. The Bertz CT molecular complexity index is 3620. The van der Waals surface area contributed by atoms with E-state index in [2.05, 4.69) is 6.92 Å². The van der Waals surface area contributed by atoms with Crippen LogP contribution >= 0.6 is 0 Å². The van der Waals surface area contributed by atoms with E-state index >= 15 is 0 Å². The SMILES string of the molecule is CC(=O)O.CC(=O)OCC(=O)[C@@]1(O)CC[C@H]2[C@@H]3CCC4=CC(=O)C=C[C@]4(C)[C@H]3C(=O)C[C@@]21C.CC(=O)OCC(=O)[C@@]1(OC(C)=O)CC[C@H]2[C@@H]3CCC4=CC(=O)C=C[C@]4(C)[C@H]3C(=O)C[C@@]21C.CC(=O)OCC(=O)[C@@]1(OC(C)=O)CC[C@H]2[C@@H]3CCC4=CC(=O)C=C[C@]4(C)[C@H]3[C@@H](O)C[C@@]21C.CO.[B].[H-].[Na+]. The molecule has 0 amide bonds. The Kier molecular flexibility index (Phi) is 25.7. The number of esters is 5. The van der Waals surface area contributed by atoms with Crippen molar-refractivity contribution in [3.63, 3.8) is 0 Å². The van der Waals surface area contributed by atoms with Crippen molar-refractivity contribution < 1.29 is 142 Å². The van der Waals surface area contributed by atoms with E-state index in [1.807, 2.05) is 52.8 Å². The number of carboxylic acids is 1. The molecule has 101 heavy (non-hydrogen) atoms. The average molecular weight is 1410 g/mol. The maximum atomic E-state index is 13.7. The molecule has 0 aromatic rings. The maximum Gasteiger partial charge on any atom is 1.00 e. The number of aliphatic hydroxyl groups is 3. The van der Waals surface area contributed by atoms with Crippen LogP contribution in [0.15, 0.2) is 71.4 Å². The zero-order chi connectivity index (χ0) is 73.7. The van der Waals surface area contributed by atoms with Crippen LogP contribution in [0.4, 0.5) is 0 Å². The summed E-state index contributed by atoms with van der Waals surface area (Å²) in [6.07, 6.45) is 22.7. The van der Waals surface area contributed by atoms with Crippen LogP contribution in [0.5, 0.6) is 0 Å². The molecular formula is C76H99BNaO23. The van der Waals surface area contributed by atoms with Crippen LogP contribution in [0.3, 0.4) is 0 Å². The fourth-order valence-corrected chi connectivity index (χ4v) is 21.5. The van der Waals surface area contributed by atoms with Gasteiger partial charge >= 0.3 is 59.4 Å². The molecule has 0 aromatic carbocycles. The van der Waals surface area contributed by atoms with Gasteiger partial charge in [0, 0.05) is 120 Å². The number of hydrogen-bond donors (Lipinski definition) is 4. The van der Waals surface area contributed by atoms with Gasteiger partial charge in [-0.05, 0) is 155 Å². The van der Waals surface area contributed by atoms with Gasteiger partial charge in [0.2, 0.25) is 17.3 Å². The Balaban J connectivity index is 0.000000261. The smallest absolute Gasteiger partial charge is 1.00 e. The second-order valence-corrected chi connectivity index (χ2v) is 30.7. The second kappa shape index (κ2) is 31.1. The molecule has 23 nitrogen and oxygen atoms in total. The summed E-state index contributed by atoms with van der Waals surface area (Å²) in [4.78, 5) is 169. The molecule has 25 heteroatoms. The van der Waals surface area contributed by atoms with Gasteiger partial charge in [-0.1, -0.05) is 76.5 Å². The van der Waals surface area contributed by atoms with Gasteiger partial charge < -0.3 is 45.5 Å². The van der Waals surface area contributed by atoms with Crippen LogP contribution in [0.25, 0.3) is 0 Å². The van der Waals surface area contributed by atoms with Gasteiger partial charge in [-0.15, -0.1) is 0 Å². The van der Waals surface area contributed by atoms with Crippen molar-refractivity contribution in [1.29, 1.82) is 0 Å². The van der Waals surface area contributed by atoms with Crippen molar-refractivity contribution in [1.82, 2.24) is 0 Å². The summed E-state index contributed by atoms with van der Waals surface area (Å²) >= 11 is 0. The summed E-state index contributed by atoms with van der Waals surface area (Å²) in [6, 6.07) is 0. The molecule has 0 unspecified atom stereocenters. The zero-order valence-electron chi connectivity index (χ0n) is 61.8. The number of aliphatic hydroxyl groups excluding tert-OH is 2. The van der Waals surface area contributed by atoms with Gasteiger partial charge in [-0.3, -0.25) is 67.1 Å². The third kappa shape index (κ3) is 14.6. The van der Waals surface area contributed by atoms with E-state index in [1.54, 1.807) is 36.5 Å². The summed E-state index contributed by atoms with van der Waals surface area (Å²) in [6.45, 7) is 17.7. The first-order valence-electron chi connectivity index (χ1n) is 34.5. The van der Waals surface area contributed by atoms with E-state index in [1.165, 1.54) is 34.6 Å². The fourth-order valence-electron chi connectivity index (χ4n) is 21.5. The number of carbonyl (C=O) groups is 14. The Morgan fingerprint density at radius 2 is 0.802 bits per heavy atom. The Hall–Kier alpha value is -6.44. The van der Waals surface area contributed by atoms with Crippen molar-refractivity contribution in [2.75, 3.05) is 26.9 Å². The van der Waals surface area contributed by atoms with Gasteiger partial charge in [0.25, 0.3) is 5.97 Å². The van der Waals surface area contributed by atoms with Crippen LogP contribution in [0.1, 0.15) is 181 Å². The maximum absolute atomic E-state index is 13.7. The number of carbonyl (C=O) groups excluding carboxylic acids is 13. The van der Waals surface area contributed by atoms with Crippen LogP contribution < -0.4 is 29.6 Å². The number of hydrogen-bond acceptors (Lipinski definition) is 22. The van der Waals surface area contributed by atoms with Gasteiger partial charge in [0.1, 0.15) is 17.2 Å². The average Bonchev–Trinajstić information content (AvgIpc) is 1.46. The predicted molar refractivity (Wildman–Crippen MR) is 359 cm³/mol. The number of ketones is 8. The molecule has 0 bridgehead atoms. The summed E-state index contributed by atoms with van der Waals surface area (Å²) in [7, 11) is 1.00. The number of carboxylic acid groups (broad SMARTS) is 1. The molecule has 4 N–H and O–H groups in total. The second-order valence-electron chi connectivity index (χ2n) is 30.7. The van der Waals surface area contributed by atoms with Gasteiger partial charge in [0.15, 0.2) is 48.4 Å². The first-order chi connectivity index (χ1) is 46.1. The minimum Gasteiger partial charge on any atom is -1.00 e. The number of ether oxygens (including phenoxy) is 5. The van der Waals surface area contributed by atoms with Crippen LogP contribution in [0, 0.1) is 85.8 Å². The minimum absolute atomic E-state index is 0. The Morgan fingerprint density at radius 3 is 1.20 bits per heavy atom. The molecule has 9 fully saturated rings. The number of aliphatic carboxylic acids is 1. The number of allylic oxidation sites excluding steroid dienone is 12. The standard InChI is InChI=1S/C25H32O7.C25H30O7.C23H28O6.C2H4O2.CH4O.B.Na.H/c2*1-14(26)31-13-21(30)25(32-15(2)27)10-8-19-18-6-5-16-11-17(28)7-9-23(16,3)22(18)20(29)12-24(19,25)4;1-13(24)29-12-19(27)23(28)9-7-17-16-5-4-14-10-15(25)6-8-21(14,2)20(16)18(26)11-22(17,23)3;1-2(3)4;1-2;;;/h7,9,11,18-20,22,29H,5-6,8,10,12-13H2,1-4H3;7,9,11,18-19,22H,5-6,8,10,12-13H2,1-4H3;6,8,10,16-17,20,28H,4-5,7,9,11-12H2,1-3H3;1H3,(H,3,4);2H,1H3;;;/q;;;;;;+1;-1/t18-,19-,20-,22+,23-,24-,25-;18-,19-,22+,23-,24-,25-;16-,17-,20+,21-,22-,23-;;;;;/m000...../s1. The Morgan fingerprint density at radius 1 is 0.475 bits per heavy atom. The van der Waals surface area contributed by atoms with Crippen LogP contribution in [-0.2, 0) is 90.8 Å². The molecule has 0 heterocycles. The number of fused-ring (bicyclic) bond motifs is 15. The quantitative estimate of drug-likeness (QED) is 0.127. The molecule has 0 spiro atoms. The van der Waals surface area contributed by atoms with Crippen molar-refractivity contribution in [3.05, 3.63) is 71.4 Å². The van der Waals surface area contributed by atoms with Crippen LogP contribution in [-0.4, -0.2) is 161 Å². The summed E-state index contributed by atoms with van der Waals surface area (Å²) in [5.41, 5.74) is -5.42. The van der Waals surface area contributed by atoms with E-state index < -0.39 is 128 Å². The minimum atomic E-state index is -1.66. The molecule has 12 aliphatic rings. The third-order valence-corrected chi connectivity index (χ3v) is 25.6. The molecule has 3 radical (unpaired) electrons. The molecular weight excluding hydrogens is 1310 g/mol. The predicted octanol–water partition coefficient (Wildman–Crippen LogP) is 4.38. The van der Waals surface area contributed by atoms with E-state index in [4.69, 9.17) is 38.7 Å². The third-order valence-electron chi connectivity index (χ3n) is 25.6. The molecule has 0 saturated heterocycles. The van der Waals surface area contributed by atoms with E-state index in [-0.39, 0.29) is 141 Å². The van der Waals surface area contributed by atoms with Crippen molar-refractivity contribution in [2.24, 2.45) is 85.8 Å². The molecule has 9 saturated carbocycles. The molecule has 0 aliphatic heterocycles. The van der Waals surface area contributed by atoms with Crippen molar-refractivity contribution >= 4 is 90.5 Å². The number of Topliss-reactive ketones (excluding diaryl/α,β-unsaturated/α-hetero) is 5. The zero-order valence-corrected chi connectivity index (χ0v) is 62.8. The summed E-state index contributed by atoms with van der Waals surface area (Å²) in [5.74, 6) is -5.49. The monoisotopic (exact) mass is 1410 g/mol. The molecule has 545 valence electrons. The largest absolute Gasteiger partial charge is 1.00 e. The van der Waals surface area contributed by atoms with E-state index in [0.29, 0.717) is 38.5 Å². The van der Waals surface area contributed by atoms with Crippen molar-refractivity contribution in [2.45, 2.75) is 202 Å². The number of rotatable bonds is 11. The Labute approximate surface area is 615 Å². The van der Waals surface area contributed by atoms with Gasteiger partial charge in [0.05, 0.1) is 6.10 Å². The fraction of sp³-hybridized carbons (Fsp3) is 0.658. The van der Waals surface area contributed by atoms with Gasteiger partial charge in [-0.25, -0.2) is 0 Å². The topological polar surface area (TPSA) is 366 Å². The van der Waals surface area contributed by atoms with E-state index in [0.717, 1.165) is 69.3 Å². The van der Waals surface area contributed by atoms with Gasteiger partial charge in [-0.2, -0.15) is 0 Å². The molecule has 12 aliphatic carbocycles. The van der Waals surface area contributed by atoms with E-state index in [9.17, 15) is 72.5 Å². The van der Waals surface area contributed by atoms with Crippen LogP contribution in [0.2, 0.25) is 0 Å². The molecule has 19 atom stereocenters. The summed E-state index contributed by atoms with van der Waals surface area (Å²) in [5, 5.41) is 37.3. The first kappa shape index (κ1) is 83.5. The molecule has 0 aromatic heterocycles. The molecule has 12 rings (SSSR count). The normalized spacial score (nSPS) is 38.8. The van der Waals surface area contributed by atoms with Crippen molar-refractivity contribution in [3.8, 4) is 0 Å².